The van der Waals surface area contributed by atoms with Crippen LogP contribution in [0.15, 0.2) is 85.1 Å². The van der Waals surface area contributed by atoms with Gasteiger partial charge < -0.3 is 27.9 Å². The van der Waals surface area contributed by atoms with Crippen molar-refractivity contribution < 1.29 is 37.3 Å². The molecule has 8 nitrogen and oxygen atoms in total. The van der Waals surface area contributed by atoms with E-state index in [2.05, 4.69) is 98.9 Å². The number of phosphoric acid groups is 1. The van der Waals surface area contributed by atoms with Crippen molar-refractivity contribution in [3.63, 3.8) is 0 Å². The van der Waals surface area contributed by atoms with Crippen LogP contribution in [0.5, 0.6) is 0 Å². The Bertz CT molecular complexity index is 1200. The smallest absolute Gasteiger partial charge is 0.306 e. The van der Waals surface area contributed by atoms with E-state index in [-0.39, 0.29) is 25.8 Å². The van der Waals surface area contributed by atoms with Crippen LogP contribution in [0.4, 0.5) is 0 Å². The van der Waals surface area contributed by atoms with Crippen LogP contribution < -0.4 is 4.89 Å². The zero-order valence-electron chi connectivity index (χ0n) is 37.7. The van der Waals surface area contributed by atoms with E-state index in [1.165, 1.54) is 44.9 Å². The number of phosphoric ester groups is 1. The molecule has 0 aromatic carbocycles. The van der Waals surface area contributed by atoms with Crippen molar-refractivity contribution in [1.82, 2.24) is 0 Å². The zero-order chi connectivity index (χ0) is 42.7. The highest BCUT2D eigenvalue weighted by atomic mass is 31.2. The molecule has 0 amide bonds. The normalized spacial score (nSPS) is 14.5. The summed E-state index contributed by atoms with van der Waals surface area (Å²) in [6.07, 6.45) is 54.6. The molecule has 0 spiro atoms. The van der Waals surface area contributed by atoms with Crippen LogP contribution in [0.1, 0.15) is 162 Å². The van der Waals surface area contributed by atoms with Crippen molar-refractivity contribution in [2.24, 2.45) is 0 Å². The Morgan fingerprint density at radius 2 is 1.00 bits per heavy atom. The summed E-state index contributed by atoms with van der Waals surface area (Å²) in [4.78, 5) is 25.0. The fourth-order valence-electron chi connectivity index (χ4n) is 5.66. The lowest BCUT2D eigenvalue weighted by Crippen LogP contribution is -2.37. The Labute approximate surface area is 356 Å². The first-order chi connectivity index (χ1) is 28.1. The number of esters is 1. The Morgan fingerprint density at radius 1 is 0.552 bits per heavy atom. The van der Waals surface area contributed by atoms with Gasteiger partial charge in [-0.25, -0.2) is 0 Å². The maximum Gasteiger partial charge on any atom is 0.306 e. The Morgan fingerprint density at radius 3 is 1.52 bits per heavy atom. The first kappa shape index (κ1) is 55.7. The number of quaternary nitrogens is 1. The minimum atomic E-state index is -4.54. The highest BCUT2D eigenvalue weighted by Crippen LogP contribution is 2.38. The van der Waals surface area contributed by atoms with Gasteiger partial charge in [0.05, 0.1) is 34.4 Å². The van der Waals surface area contributed by atoms with E-state index in [1.807, 2.05) is 21.1 Å². The van der Waals surface area contributed by atoms with Crippen molar-refractivity contribution in [1.29, 1.82) is 0 Å². The van der Waals surface area contributed by atoms with Crippen molar-refractivity contribution in [2.75, 3.05) is 54.1 Å². The second-order valence-electron chi connectivity index (χ2n) is 16.0. The van der Waals surface area contributed by atoms with Crippen LogP contribution in [-0.4, -0.2) is 70.7 Å². The van der Waals surface area contributed by atoms with Gasteiger partial charge in [0.1, 0.15) is 19.3 Å². The molecule has 0 radical (unpaired) electrons. The molecular weight excluding hydrogens is 746 g/mol. The van der Waals surface area contributed by atoms with Crippen LogP contribution in [0.25, 0.3) is 0 Å². The zero-order valence-corrected chi connectivity index (χ0v) is 38.6. The van der Waals surface area contributed by atoms with E-state index in [0.717, 1.165) is 96.3 Å². The monoisotopic (exact) mass is 832 g/mol. The lowest BCUT2D eigenvalue weighted by Gasteiger charge is -2.28. The van der Waals surface area contributed by atoms with Gasteiger partial charge >= 0.3 is 5.97 Å². The number of carbonyl (C=O) groups excluding carboxylic acids is 1. The molecule has 2 unspecified atom stereocenters. The molecule has 334 valence electrons. The molecule has 0 saturated carbocycles. The van der Waals surface area contributed by atoms with E-state index >= 15 is 0 Å². The first-order valence-electron chi connectivity index (χ1n) is 22.8. The van der Waals surface area contributed by atoms with Crippen molar-refractivity contribution in [2.45, 2.75) is 168 Å². The lowest BCUT2D eigenvalue weighted by atomic mass is 10.1. The molecule has 0 rings (SSSR count). The summed E-state index contributed by atoms with van der Waals surface area (Å²) >= 11 is 0. The molecule has 0 heterocycles. The number of carbonyl (C=O) groups is 1. The molecule has 2 atom stereocenters. The predicted octanol–water partition coefficient (Wildman–Crippen LogP) is 13.0. The third kappa shape index (κ3) is 44.8. The van der Waals surface area contributed by atoms with E-state index in [0.29, 0.717) is 24.1 Å². The summed E-state index contributed by atoms with van der Waals surface area (Å²) in [6.45, 7) is 5.19. The average molecular weight is 832 g/mol. The maximum atomic E-state index is 12.7. The standard InChI is InChI=1S/C49H86NO7P/c1-6-8-10-12-14-16-18-20-21-22-23-24-25-26-27-28-29-30-31-33-35-37-39-41-44-54-46-48(47-56-58(52,53)55-45-43-50(3,4)5)57-49(51)42-40-38-36-34-32-19-17-15-13-11-9-7-2/h8,10,14-17,20-21,23-24,26-27,29-30,48H,6-7,9,11-13,18-19,22,25,28,31-47H2,1-5H3/b10-8-,16-14-,17-15-,21-20-,24-23-,27-26-,30-29-. The van der Waals surface area contributed by atoms with Crippen LogP contribution in [0.2, 0.25) is 0 Å². The van der Waals surface area contributed by atoms with Crippen LogP contribution in [0.3, 0.4) is 0 Å². The SMILES string of the molecule is CC/C=C\C/C=C\C/C=C\C/C=C\C/C=C\C/C=C\CCCCCCCOCC(COP(=O)([O-])OCC[N+](C)(C)C)OC(=O)CCCCCCC/C=C\CCCCC. The number of unbranched alkanes of at least 4 members (excludes halogenated alkanes) is 13. The Hall–Kier alpha value is -2.32. The molecule has 9 heteroatoms. The second-order valence-corrected chi connectivity index (χ2v) is 17.4. The maximum absolute atomic E-state index is 12.7. The van der Waals surface area contributed by atoms with E-state index in [1.54, 1.807) is 0 Å². The van der Waals surface area contributed by atoms with Gasteiger partial charge in [-0.05, 0) is 89.9 Å². The van der Waals surface area contributed by atoms with Gasteiger partial charge in [-0.15, -0.1) is 0 Å². The second kappa shape index (κ2) is 41.4. The van der Waals surface area contributed by atoms with Crippen LogP contribution in [-0.2, 0) is 27.9 Å². The average Bonchev–Trinajstić information content (AvgIpc) is 3.18. The summed E-state index contributed by atoms with van der Waals surface area (Å²) in [6, 6.07) is 0. The number of nitrogens with zero attached hydrogens (tertiary/aromatic N) is 1. The minimum Gasteiger partial charge on any atom is -0.756 e. The van der Waals surface area contributed by atoms with Gasteiger partial charge in [-0.3, -0.25) is 9.36 Å². The van der Waals surface area contributed by atoms with Crippen molar-refractivity contribution >= 4 is 13.8 Å². The summed E-state index contributed by atoms with van der Waals surface area (Å²) in [5.41, 5.74) is 0. The number of likely N-dealkylation sites (N-methyl/N-ethyl adjacent to an activating group) is 1. The van der Waals surface area contributed by atoms with Gasteiger partial charge in [-0.1, -0.05) is 150 Å². The van der Waals surface area contributed by atoms with Crippen LogP contribution >= 0.6 is 7.82 Å². The van der Waals surface area contributed by atoms with Crippen molar-refractivity contribution in [3.05, 3.63) is 85.1 Å². The van der Waals surface area contributed by atoms with E-state index < -0.39 is 13.9 Å². The molecule has 58 heavy (non-hydrogen) atoms. The van der Waals surface area contributed by atoms with Gasteiger partial charge in [0.2, 0.25) is 0 Å². The van der Waals surface area contributed by atoms with Gasteiger partial charge in [0.25, 0.3) is 7.82 Å². The van der Waals surface area contributed by atoms with Gasteiger partial charge in [-0.2, -0.15) is 0 Å². The van der Waals surface area contributed by atoms with E-state index in [9.17, 15) is 14.3 Å². The van der Waals surface area contributed by atoms with Gasteiger partial charge in [0.15, 0.2) is 0 Å². The predicted molar refractivity (Wildman–Crippen MR) is 245 cm³/mol. The molecule has 0 N–H and O–H groups in total. The summed E-state index contributed by atoms with van der Waals surface area (Å²) in [5, 5.41) is 0. The number of hydrogen-bond acceptors (Lipinski definition) is 7. The highest BCUT2D eigenvalue weighted by molar-refractivity contribution is 7.45. The summed E-state index contributed by atoms with van der Waals surface area (Å²) in [7, 11) is 1.32. The highest BCUT2D eigenvalue weighted by Gasteiger charge is 2.20. The molecule has 0 saturated heterocycles. The number of rotatable bonds is 41. The Balaban J connectivity index is 4.24. The first-order valence-corrected chi connectivity index (χ1v) is 24.3. The summed E-state index contributed by atoms with van der Waals surface area (Å²) in [5.74, 6) is -0.356. The quantitative estimate of drug-likeness (QED) is 0.0199. The fraction of sp³-hybridized carbons (Fsp3) is 0.694. The Kier molecular flexibility index (Phi) is 39.8. The molecule has 0 bridgehead atoms. The number of allylic oxidation sites excluding steroid dienone is 14. The van der Waals surface area contributed by atoms with Crippen LogP contribution in [0, 0.1) is 0 Å². The molecule has 0 aromatic rings. The molecule has 0 aliphatic heterocycles. The van der Waals surface area contributed by atoms with Crippen molar-refractivity contribution in [3.8, 4) is 0 Å². The molecular formula is C49H86NO7P. The van der Waals surface area contributed by atoms with Gasteiger partial charge in [0, 0.05) is 13.0 Å². The van der Waals surface area contributed by atoms with E-state index in [4.69, 9.17) is 18.5 Å². The lowest BCUT2D eigenvalue weighted by molar-refractivity contribution is -0.870. The number of hydrogen-bond donors (Lipinski definition) is 0. The summed E-state index contributed by atoms with van der Waals surface area (Å²) < 4.78 is 34.6. The third-order valence-electron chi connectivity index (χ3n) is 9.18. The minimum absolute atomic E-state index is 0.0157. The third-order valence-corrected chi connectivity index (χ3v) is 10.1. The molecule has 0 aromatic heterocycles. The topological polar surface area (TPSA) is 94.1 Å². The largest absolute Gasteiger partial charge is 0.756 e. The molecule has 0 aliphatic rings. The fourth-order valence-corrected chi connectivity index (χ4v) is 6.39. The number of ether oxygens (including phenoxy) is 2. The molecule has 0 fully saturated rings. The molecule has 0 aliphatic carbocycles.